The van der Waals surface area contributed by atoms with Crippen molar-refractivity contribution in [2.75, 3.05) is 33.4 Å². The van der Waals surface area contributed by atoms with Crippen LogP contribution in [0.1, 0.15) is 5.56 Å². The fraction of sp³-hybridized carbons (Fsp3) is 0.500. The first-order chi connectivity index (χ1) is 7.20. The van der Waals surface area contributed by atoms with Crippen LogP contribution in [-0.2, 0) is 6.54 Å². The molecule has 0 saturated carbocycles. The highest BCUT2D eigenvalue weighted by molar-refractivity contribution is 5.13. The van der Waals surface area contributed by atoms with Crippen LogP contribution in [0, 0.1) is 0 Å². The molecular formula is C12H21NO3. The topological polar surface area (TPSA) is 70.5 Å². The summed E-state index contributed by atoms with van der Waals surface area (Å²) in [7, 11) is 2.06. The van der Waals surface area contributed by atoms with Crippen LogP contribution in [0.5, 0.6) is 0 Å². The molecule has 1 rings (SSSR count). The molecule has 92 valence electrons. The minimum atomic E-state index is 0. The highest BCUT2D eigenvalue weighted by atomic mass is 16.3. The summed E-state index contributed by atoms with van der Waals surface area (Å²) in [5.74, 6) is 0. The van der Waals surface area contributed by atoms with Crippen LogP contribution in [0.3, 0.4) is 0 Å². The largest absolute Gasteiger partial charge is 0.870 e. The number of rotatable bonds is 6. The molecule has 0 unspecified atom stereocenters. The SMILES string of the molecule is C[N+](CCO)(CCO)Cc1ccccc1.[OH-]. The maximum Gasteiger partial charge on any atom is 0.104 e. The number of benzene rings is 1. The van der Waals surface area contributed by atoms with Gasteiger partial charge in [0, 0.05) is 5.56 Å². The van der Waals surface area contributed by atoms with Gasteiger partial charge in [0.2, 0.25) is 0 Å². The van der Waals surface area contributed by atoms with Crippen LogP contribution < -0.4 is 0 Å². The fourth-order valence-corrected chi connectivity index (χ4v) is 1.78. The van der Waals surface area contributed by atoms with Crippen LogP contribution in [0.25, 0.3) is 0 Å². The summed E-state index contributed by atoms with van der Waals surface area (Å²) in [6, 6.07) is 10.2. The smallest absolute Gasteiger partial charge is 0.104 e. The van der Waals surface area contributed by atoms with Crippen molar-refractivity contribution in [1.29, 1.82) is 0 Å². The van der Waals surface area contributed by atoms with E-state index in [0.29, 0.717) is 17.6 Å². The molecule has 0 spiro atoms. The van der Waals surface area contributed by atoms with Gasteiger partial charge in [0.05, 0.1) is 20.3 Å². The zero-order chi connectivity index (χ0) is 11.1. The van der Waals surface area contributed by atoms with Crippen LogP contribution >= 0.6 is 0 Å². The lowest BCUT2D eigenvalue weighted by molar-refractivity contribution is -0.923. The lowest BCUT2D eigenvalue weighted by atomic mass is 10.2. The third kappa shape index (κ3) is 4.72. The van der Waals surface area contributed by atoms with Crippen molar-refractivity contribution in [3.63, 3.8) is 0 Å². The highest BCUT2D eigenvalue weighted by Gasteiger charge is 2.20. The standard InChI is InChI=1S/C12H20NO2.H2O/c1-13(7-9-14,8-10-15)11-12-5-3-2-4-6-12;/h2-6,14-15H,7-11H2,1H3;1H2/q+1;/p-1. The van der Waals surface area contributed by atoms with Gasteiger partial charge in [-0.2, -0.15) is 0 Å². The molecule has 0 fully saturated rings. The normalized spacial score (nSPS) is 10.9. The number of quaternary nitrogens is 1. The molecule has 0 atom stereocenters. The summed E-state index contributed by atoms with van der Waals surface area (Å²) in [5.41, 5.74) is 1.24. The minimum absolute atomic E-state index is 0. The van der Waals surface area contributed by atoms with E-state index in [1.54, 1.807) is 0 Å². The molecule has 0 heterocycles. The van der Waals surface area contributed by atoms with E-state index in [1.165, 1.54) is 5.56 Å². The average molecular weight is 227 g/mol. The third-order valence-electron chi connectivity index (χ3n) is 2.69. The van der Waals surface area contributed by atoms with Crippen molar-refractivity contribution in [2.45, 2.75) is 6.54 Å². The van der Waals surface area contributed by atoms with Gasteiger partial charge in [-0.1, -0.05) is 30.3 Å². The molecule has 4 nitrogen and oxygen atoms in total. The van der Waals surface area contributed by atoms with E-state index in [-0.39, 0.29) is 18.7 Å². The van der Waals surface area contributed by atoms with Gasteiger partial charge < -0.3 is 20.2 Å². The molecule has 1 aromatic rings. The Morgan fingerprint density at radius 2 is 1.50 bits per heavy atom. The van der Waals surface area contributed by atoms with E-state index in [1.807, 2.05) is 18.2 Å². The van der Waals surface area contributed by atoms with Crippen molar-refractivity contribution >= 4 is 0 Å². The molecule has 0 aliphatic heterocycles. The Labute approximate surface area is 96.7 Å². The average Bonchev–Trinajstić information content (AvgIpc) is 2.19. The van der Waals surface area contributed by atoms with E-state index < -0.39 is 0 Å². The van der Waals surface area contributed by atoms with Gasteiger partial charge in [-0.3, -0.25) is 0 Å². The van der Waals surface area contributed by atoms with Crippen LogP contribution in [0.4, 0.5) is 0 Å². The number of nitrogens with zero attached hydrogens (tertiary/aromatic N) is 1. The van der Waals surface area contributed by atoms with Crippen LogP contribution in [-0.4, -0.2) is 53.5 Å². The maximum absolute atomic E-state index is 9.01. The van der Waals surface area contributed by atoms with E-state index in [4.69, 9.17) is 10.2 Å². The van der Waals surface area contributed by atoms with Gasteiger partial charge in [-0.15, -0.1) is 0 Å². The summed E-state index contributed by atoms with van der Waals surface area (Å²) in [4.78, 5) is 0. The summed E-state index contributed by atoms with van der Waals surface area (Å²) in [5, 5.41) is 18.0. The fourth-order valence-electron chi connectivity index (χ4n) is 1.78. The van der Waals surface area contributed by atoms with Gasteiger partial charge in [0.25, 0.3) is 0 Å². The lowest BCUT2D eigenvalue weighted by Gasteiger charge is -2.33. The van der Waals surface area contributed by atoms with Crippen molar-refractivity contribution in [3.8, 4) is 0 Å². The number of aliphatic hydroxyl groups excluding tert-OH is 2. The molecule has 3 N–H and O–H groups in total. The van der Waals surface area contributed by atoms with Crippen molar-refractivity contribution in [3.05, 3.63) is 35.9 Å². The zero-order valence-corrected chi connectivity index (χ0v) is 9.71. The third-order valence-corrected chi connectivity index (χ3v) is 2.69. The number of hydrogen-bond donors (Lipinski definition) is 2. The van der Waals surface area contributed by atoms with Gasteiger partial charge in [0.15, 0.2) is 0 Å². The van der Waals surface area contributed by atoms with Gasteiger partial charge >= 0.3 is 0 Å². The predicted molar refractivity (Wildman–Crippen MR) is 62.2 cm³/mol. The van der Waals surface area contributed by atoms with Gasteiger partial charge in [0.1, 0.15) is 19.6 Å². The first kappa shape index (κ1) is 15.1. The zero-order valence-electron chi connectivity index (χ0n) is 9.71. The molecule has 16 heavy (non-hydrogen) atoms. The molecule has 0 aromatic heterocycles. The van der Waals surface area contributed by atoms with Gasteiger partial charge in [-0.25, -0.2) is 0 Å². The van der Waals surface area contributed by atoms with E-state index in [2.05, 4.69) is 19.2 Å². The number of likely N-dealkylation sites (N-methyl/N-ethyl adjacent to an activating group) is 1. The molecule has 4 heteroatoms. The van der Waals surface area contributed by atoms with Crippen molar-refractivity contribution in [2.24, 2.45) is 0 Å². The predicted octanol–water partition coefficient (Wildman–Crippen LogP) is 0.441. The first-order valence-electron chi connectivity index (χ1n) is 5.29. The minimum Gasteiger partial charge on any atom is -0.870 e. The van der Waals surface area contributed by atoms with E-state index >= 15 is 0 Å². The van der Waals surface area contributed by atoms with Crippen molar-refractivity contribution in [1.82, 2.24) is 0 Å². The summed E-state index contributed by atoms with van der Waals surface area (Å²) < 4.78 is 0.678. The molecule has 0 aliphatic carbocycles. The second-order valence-electron chi connectivity index (χ2n) is 4.16. The quantitative estimate of drug-likeness (QED) is 0.693. The lowest BCUT2D eigenvalue weighted by Crippen LogP contribution is -2.47. The molecule has 0 aliphatic rings. The Kier molecular flexibility index (Phi) is 6.92. The number of hydrogen-bond acceptors (Lipinski definition) is 3. The van der Waals surface area contributed by atoms with Crippen LogP contribution in [0.15, 0.2) is 30.3 Å². The second-order valence-corrected chi connectivity index (χ2v) is 4.16. The molecule has 0 saturated heterocycles. The van der Waals surface area contributed by atoms with Crippen LogP contribution in [0.2, 0.25) is 0 Å². The van der Waals surface area contributed by atoms with Crippen molar-refractivity contribution < 1.29 is 20.2 Å². The molecule has 0 bridgehead atoms. The summed E-state index contributed by atoms with van der Waals surface area (Å²) in [6.07, 6.45) is 0. The van der Waals surface area contributed by atoms with E-state index in [9.17, 15) is 0 Å². The monoisotopic (exact) mass is 227 g/mol. The molecule has 0 amide bonds. The molecular weight excluding hydrogens is 206 g/mol. The second kappa shape index (κ2) is 7.35. The molecule has 0 radical (unpaired) electrons. The summed E-state index contributed by atoms with van der Waals surface area (Å²) in [6.45, 7) is 2.51. The molecule has 1 aromatic carbocycles. The number of aliphatic hydroxyl groups is 2. The Morgan fingerprint density at radius 3 is 1.94 bits per heavy atom. The summed E-state index contributed by atoms with van der Waals surface area (Å²) >= 11 is 0. The highest BCUT2D eigenvalue weighted by Crippen LogP contribution is 2.10. The Morgan fingerprint density at radius 1 is 1.00 bits per heavy atom. The maximum atomic E-state index is 9.01. The van der Waals surface area contributed by atoms with Gasteiger partial charge in [-0.05, 0) is 0 Å². The Hall–Kier alpha value is -0.940. The first-order valence-corrected chi connectivity index (χ1v) is 5.29. The Bertz CT molecular complexity index is 271. The Balaban J connectivity index is 0.00000225. The van der Waals surface area contributed by atoms with E-state index in [0.717, 1.165) is 6.54 Å².